The molecule has 1 amide bonds. The largest absolute Gasteiger partial charge is 0.465 e. The highest BCUT2D eigenvalue weighted by atomic mass is 32.2. The molecule has 1 fully saturated rings. The Balaban J connectivity index is 1.82. The molecule has 122 valence electrons. The van der Waals surface area contributed by atoms with Gasteiger partial charge >= 0.3 is 5.97 Å². The summed E-state index contributed by atoms with van der Waals surface area (Å²) in [5, 5.41) is 0. The Morgan fingerprint density at radius 1 is 1.25 bits per heavy atom. The van der Waals surface area contributed by atoms with Gasteiger partial charge in [-0.15, -0.1) is 0 Å². The Morgan fingerprint density at radius 3 is 2.54 bits per heavy atom. The lowest BCUT2D eigenvalue weighted by Crippen LogP contribution is -2.22. The maximum atomic E-state index is 12.0. The molecular weight excluding hydrogens is 346 g/mol. The number of thiocarbonyl (C=S) groups is 1. The number of ether oxygens (including phenoxy) is 1. The van der Waals surface area contributed by atoms with Crippen LogP contribution in [0.5, 0.6) is 0 Å². The topological polar surface area (TPSA) is 59.8 Å². The summed E-state index contributed by atoms with van der Waals surface area (Å²) in [6.07, 6.45) is 1.68. The van der Waals surface area contributed by atoms with Crippen LogP contribution in [-0.2, 0) is 9.53 Å². The number of furan rings is 1. The van der Waals surface area contributed by atoms with Crippen LogP contribution in [0.2, 0.25) is 0 Å². The van der Waals surface area contributed by atoms with Crippen molar-refractivity contribution in [2.45, 2.75) is 0 Å². The fourth-order valence-electron chi connectivity index (χ4n) is 2.15. The van der Waals surface area contributed by atoms with Gasteiger partial charge in [-0.3, -0.25) is 9.69 Å². The van der Waals surface area contributed by atoms with Gasteiger partial charge < -0.3 is 9.15 Å². The molecule has 0 bridgehead atoms. The Hall–Kier alpha value is -2.38. The molecule has 0 atom stereocenters. The summed E-state index contributed by atoms with van der Waals surface area (Å²) in [5.74, 6) is 0.689. The Bertz CT molecular complexity index is 852. The minimum absolute atomic E-state index is 0.134. The van der Waals surface area contributed by atoms with E-state index in [4.69, 9.17) is 16.6 Å². The average Bonchev–Trinajstić information content (AvgIpc) is 3.16. The molecule has 0 spiro atoms. The molecule has 0 radical (unpaired) electrons. The minimum Gasteiger partial charge on any atom is -0.465 e. The van der Waals surface area contributed by atoms with Crippen LogP contribution in [0, 0.1) is 0 Å². The van der Waals surface area contributed by atoms with Crippen molar-refractivity contribution >= 4 is 46.3 Å². The zero-order valence-electron chi connectivity index (χ0n) is 12.9. The number of nitrogens with zero attached hydrogens (tertiary/aromatic N) is 1. The summed E-state index contributed by atoms with van der Waals surface area (Å²) < 4.78 is 11.0. The Labute approximate surface area is 148 Å². The highest BCUT2D eigenvalue weighted by molar-refractivity contribution is 8.26. The molecule has 7 heteroatoms. The number of benzene rings is 1. The predicted molar refractivity (Wildman–Crippen MR) is 96.4 cm³/mol. The van der Waals surface area contributed by atoms with Crippen LogP contribution in [0.4, 0.5) is 0 Å². The summed E-state index contributed by atoms with van der Waals surface area (Å²) in [6, 6.07) is 10.5. The van der Waals surface area contributed by atoms with Crippen LogP contribution in [0.1, 0.15) is 16.1 Å². The number of methoxy groups -OCH3 is 1. The smallest absolute Gasteiger partial charge is 0.337 e. The van der Waals surface area contributed by atoms with E-state index in [1.807, 2.05) is 6.07 Å². The molecule has 5 nitrogen and oxygen atoms in total. The van der Waals surface area contributed by atoms with Crippen molar-refractivity contribution in [3.63, 3.8) is 0 Å². The van der Waals surface area contributed by atoms with Crippen molar-refractivity contribution in [3.8, 4) is 11.3 Å². The van der Waals surface area contributed by atoms with Gasteiger partial charge in [-0.25, -0.2) is 4.79 Å². The van der Waals surface area contributed by atoms with Crippen LogP contribution in [0.3, 0.4) is 0 Å². The highest BCUT2D eigenvalue weighted by Gasteiger charge is 2.29. The number of hydrogen-bond acceptors (Lipinski definition) is 6. The summed E-state index contributed by atoms with van der Waals surface area (Å²) in [4.78, 5) is 25.4. The number of rotatable bonds is 3. The fraction of sp³-hybridized carbons (Fsp3) is 0.118. The van der Waals surface area contributed by atoms with Gasteiger partial charge in [0.1, 0.15) is 15.8 Å². The number of carbonyl (C=O) groups is 2. The van der Waals surface area contributed by atoms with Gasteiger partial charge in [-0.2, -0.15) is 0 Å². The average molecular weight is 359 g/mol. The minimum atomic E-state index is -0.386. The maximum absolute atomic E-state index is 12.0. The van der Waals surface area contributed by atoms with Crippen LogP contribution in [0.15, 0.2) is 45.7 Å². The molecule has 0 N–H and O–H groups in total. The van der Waals surface area contributed by atoms with Crippen molar-refractivity contribution in [3.05, 3.63) is 52.6 Å². The van der Waals surface area contributed by atoms with Gasteiger partial charge in [0.25, 0.3) is 5.91 Å². The standard InChI is InChI=1S/C17H13NO4S2/c1-18-15(19)14(24-17(18)23)9-12-7-8-13(22-12)10-3-5-11(6-4-10)16(20)21-2/h3-9H,1-2H3/b14-9-. The highest BCUT2D eigenvalue weighted by Crippen LogP contribution is 2.32. The zero-order valence-corrected chi connectivity index (χ0v) is 14.6. The molecule has 1 aliphatic rings. The van der Waals surface area contributed by atoms with Crippen LogP contribution >= 0.6 is 24.0 Å². The molecule has 0 unspecified atom stereocenters. The molecule has 1 saturated heterocycles. The first-order valence-electron chi connectivity index (χ1n) is 7.00. The summed E-state index contributed by atoms with van der Waals surface area (Å²) >= 11 is 6.34. The molecule has 1 aromatic carbocycles. The first-order valence-corrected chi connectivity index (χ1v) is 8.22. The Kier molecular flexibility index (Phi) is 4.55. The molecule has 0 saturated carbocycles. The van der Waals surface area contributed by atoms with Gasteiger partial charge in [0.05, 0.1) is 17.6 Å². The third-order valence-electron chi connectivity index (χ3n) is 3.48. The molecule has 3 rings (SSSR count). The van der Waals surface area contributed by atoms with Gasteiger partial charge in [0.2, 0.25) is 0 Å². The van der Waals surface area contributed by atoms with E-state index in [-0.39, 0.29) is 11.9 Å². The first kappa shape index (κ1) is 16.5. The quantitative estimate of drug-likeness (QED) is 0.474. The molecule has 0 aliphatic carbocycles. The number of hydrogen-bond donors (Lipinski definition) is 0. The van der Waals surface area contributed by atoms with Crippen molar-refractivity contribution in [2.75, 3.05) is 14.2 Å². The van der Waals surface area contributed by atoms with Crippen molar-refractivity contribution in [1.82, 2.24) is 4.90 Å². The lowest BCUT2D eigenvalue weighted by molar-refractivity contribution is -0.121. The lowest BCUT2D eigenvalue weighted by atomic mass is 10.1. The summed E-state index contributed by atoms with van der Waals surface area (Å²) in [5.41, 5.74) is 1.30. The zero-order chi connectivity index (χ0) is 17.3. The lowest BCUT2D eigenvalue weighted by Gasteiger charge is -2.03. The summed E-state index contributed by atoms with van der Waals surface area (Å²) in [7, 11) is 2.99. The Morgan fingerprint density at radius 2 is 1.96 bits per heavy atom. The molecular formula is C17H13NO4S2. The number of esters is 1. The second kappa shape index (κ2) is 6.62. The van der Waals surface area contributed by atoms with Gasteiger partial charge in [-0.1, -0.05) is 36.1 Å². The normalized spacial score (nSPS) is 16.1. The monoisotopic (exact) mass is 359 g/mol. The molecule has 24 heavy (non-hydrogen) atoms. The maximum Gasteiger partial charge on any atom is 0.337 e. The number of amides is 1. The van der Waals surface area contributed by atoms with E-state index in [1.165, 1.54) is 23.8 Å². The van der Waals surface area contributed by atoms with Gasteiger partial charge in [0, 0.05) is 18.7 Å². The van der Waals surface area contributed by atoms with E-state index in [0.717, 1.165) is 5.56 Å². The molecule has 1 aromatic heterocycles. The molecule has 1 aliphatic heterocycles. The fourth-order valence-corrected chi connectivity index (χ4v) is 3.31. The second-order valence-corrected chi connectivity index (χ2v) is 6.69. The SMILES string of the molecule is COC(=O)c1ccc(-c2ccc(/C=C3\SC(=S)N(C)C3=O)o2)cc1. The van der Waals surface area contributed by atoms with E-state index in [9.17, 15) is 9.59 Å². The third-order valence-corrected chi connectivity index (χ3v) is 4.96. The first-order chi connectivity index (χ1) is 11.5. The van der Waals surface area contributed by atoms with Gasteiger partial charge in [-0.05, 0) is 24.3 Å². The van der Waals surface area contributed by atoms with E-state index in [0.29, 0.717) is 26.3 Å². The van der Waals surface area contributed by atoms with E-state index < -0.39 is 0 Å². The summed E-state index contributed by atoms with van der Waals surface area (Å²) in [6.45, 7) is 0. The second-order valence-electron chi connectivity index (χ2n) is 5.01. The molecule has 2 heterocycles. The number of likely N-dealkylation sites (N-methyl/N-ethyl adjacent to an activating group) is 1. The molecule has 2 aromatic rings. The van der Waals surface area contributed by atoms with Crippen molar-refractivity contribution in [2.24, 2.45) is 0 Å². The van der Waals surface area contributed by atoms with Crippen LogP contribution in [0.25, 0.3) is 17.4 Å². The van der Waals surface area contributed by atoms with E-state index in [1.54, 1.807) is 43.5 Å². The van der Waals surface area contributed by atoms with E-state index >= 15 is 0 Å². The van der Waals surface area contributed by atoms with E-state index in [2.05, 4.69) is 4.74 Å². The van der Waals surface area contributed by atoms with Crippen LogP contribution in [-0.4, -0.2) is 35.3 Å². The number of thioether (sulfide) groups is 1. The van der Waals surface area contributed by atoms with Crippen LogP contribution < -0.4 is 0 Å². The third kappa shape index (κ3) is 3.13. The predicted octanol–water partition coefficient (Wildman–Crippen LogP) is 3.56. The van der Waals surface area contributed by atoms with Crippen molar-refractivity contribution in [1.29, 1.82) is 0 Å². The number of carbonyl (C=O) groups excluding carboxylic acids is 2. The van der Waals surface area contributed by atoms with Gasteiger partial charge in [0.15, 0.2) is 0 Å². The van der Waals surface area contributed by atoms with Crippen molar-refractivity contribution < 1.29 is 18.7 Å².